The maximum Gasteiger partial charge on any atom is 0.419 e. The first-order valence-electron chi connectivity index (χ1n) is 8.25. The lowest BCUT2D eigenvalue weighted by Gasteiger charge is -2.26. The summed E-state index contributed by atoms with van der Waals surface area (Å²) in [6, 6.07) is 0. The fourth-order valence-electron chi connectivity index (χ4n) is 2.55. The lowest BCUT2D eigenvalue weighted by atomic mass is 10.0. The van der Waals surface area contributed by atoms with E-state index in [1.165, 1.54) is 6.08 Å². The molecule has 0 aromatic heterocycles. The Kier molecular flexibility index (Phi) is 6.33. The summed E-state index contributed by atoms with van der Waals surface area (Å²) in [5.74, 6) is 0.0478. The molecule has 1 fully saturated rings. The highest BCUT2D eigenvalue weighted by Gasteiger charge is 2.36. The number of hydrogen-bond acceptors (Lipinski definition) is 5. The smallest absolute Gasteiger partial charge is 0.419 e. The molecule has 0 aromatic carbocycles. The highest BCUT2D eigenvalue weighted by molar-refractivity contribution is 5.83. The van der Waals surface area contributed by atoms with E-state index >= 15 is 0 Å². The average Bonchev–Trinajstić information content (AvgIpc) is 2.54. The van der Waals surface area contributed by atoms with Gasteiger partial charge in [0.05, 0.1) is 12.2 Å². The van der Waals surface area contributed by atoms with Gasteiger partial charge in [-0.05, 0) is 19.3 Å². The summed E-state index contributed by atoms with van der Waals surface area (Å²) in [6.45, 7) is 3.58. The number of aliphatic imine (C=N–C) groups is 1. The fourth-order valence-corrected chi connectivity index (χ4v) is 2.55. The van der Waals surface area contributed by atoms with Crippen LogP contribution in [0, 0.1) is 5.92 Å². The molecule has 2 aliphatic rings. The van der Waals surface area contributed by atoms with Gasteiger partial charge in [0.15, 0.2) is 0 Å². The Labute approximate surface area is 144 Å². The maximum atomic E-state index is 13.3. The summed E-state index contributed by atoms with van der Waals surface area (Å²) < 4.78 is 44.7. The van der Waals surface area contributed by atoms with Crippen LogP contribution in [0.25, 0.3) is 0 Å². The first-order valence-corrected chi connectivity index (χ1v) is 8.25. The molecular formula is C16H23F3N4O2. The van der Waals surface area contributed by atoms with Crippen LogP contribution in [0.2, 0.25) is 0 Å². The number of nitrogens with zero attached hydrogens (tertiary/aromatic N) is 2. The van der Waals surface area contributed by atoms with E-state index < -0.39 is 11.7 Å². The highest BCUT2D eigenvalue weighted by atomic mass is 19.4. The molecule has 6 nitrogen and oxygen atoms in total. The van der Waals surface area contributed by atoms with Gasteiger partial charge in [-0.3, -0.25) is 0 Å². The lowest BCUT2D eigenvalue weighted by Crippen LogP contribution is -2.39. The quantitative estimate of drug-likeness (QED) is 0.739. The van der Waals surface area contributed by atoms with Gasteiger partial charge < -0.3 is 20.7 Å². The molecule has 9 heteroatoms. The summed E-state index contributed by atoms with van der Waals surface area (Å²) in [4.78, 5) is 16.8. The van der Waals surface area contributed by atoms with E-state index in [2.05, 4.69) is 10.3 Å². The Morgan fingerprint density at radius 3 is 2.92 bits per heavy atom. The zero-order chi connectivity index (χ0) is 18.4. The number of amidine groups is 1. The first kappa shape index (κ1) is 19.1. The SMILES string of the molecule is CC1C/C=C(NCCCN2CCCOC2=O)/C(C(F)(F)F)=C\N=C1N. The molecular weight excluding hydrogens is 337 g/mol. The summed E-state index contributed by atoms with van der Waals surface area (Å²) in [6.07, 6.45) is -0.984. The molecule has 1 unspecified atom stereocenters. The van der Waals surface area contributed by atoms with E-state index in [9.17, 15) is 18.0 Å². The van der Waals surface area contributed by atoms with Crippen LogP contribution in [-0.2, 0) is 4.74 Å². The monoisotopic (exact) mass is 360 g/mol. The number of rotatable bonds is 5. The lowest BCUT2D eigenvalue weighted by molar-refractivity contribution is -0.0900. The van der Waals surface area contributed by atoms with Crippen molar-refractivity contribution in [3.63, 3.8) is 0 Å². The third kappa shape index (κ3) is 5.40. The topological polar surface area (TPSA) is 80.0 Å². The van der Waals surface area contributed by atoms with E-state index in [4.69, 9.17) is 10.5 Å². The van der Waals surface area contributed by atoms with Gasteiger partial charge in [0.25, 0.3) is 0 Å². The van der Waals surface area contributed by atoms with Crippen molar-refractivity contribution < 1.29 is 22.7 Å². The molecule has 0 aliphatic carbocycles. The number of allylic oxidation sites excluding steroid dienone is 2. The van der Waals surface area contributed by atoms with Gasteiger partial charge in [0, 0.05) is 37.4 Å². The third-order valence-electron chi connectivity index (χ3n) is 4.10. The van der Waals surface area contributed by atoms with Gasteiger partial charge in [-0.2, -0.15) is 13.2 Å². The number of cyclic esters (lactones) is 1. The van der Waals surface area contributed by atoms with Crippen LogP contribution in [-0.4, -0.2) is 49.2 Å². The predicted molar refractivity (Wildman–Crippen MR) is 87.8 cm³/mol. The molecule has 1 amide bonds. The van der Waals surface area contributed by atoms with Gasteiger partial charge >= 0.3 is 12.3 Å². The Hall–Kier alpha value is -2.19. The Morgan fingerprint density at radius 2 is 2.24 bits per heavy atom. The van der Waals surface area contributed by atoms with Crippen molar-refractivity contribution in [1.29, 1.82) is 0 Å². The number of carbonyl (C=O) groups is 1. The molecule has 2 heterocycles. The minimum Gasteiger partial charge on any atom is -0.449 e. The zero-order valence-electron chi connectivity index (χ0n) is 14.1. The summed E-state index contributed by atoms with van der Waals surface area (Å²) in [5.41, 5.74) is 4.80. The Morgan fingerprint density at radius 1 is 1.48 bits per heavy atom. The zero-order valence-corrected chi connectivity index (χ0v) is 14.1. The number of nitrogens with one attached hydrogen (secondary N) is 1. The second-order valence-corrected chi connectivity index (χ2v) is 6.08. The van der Waals surface area contributed by atoms with Crippen molar-refractivity contribution in [2.75, 3.05) is 26.2 Å². The van der Waals surface area contributed by atoms with Gasteiger partial charge in [0.1, 0.15) is 5.84 Å². The van der Waals surface area contributed by atoms with E-state index in [0.717, 1.165) is 12.6 Å². The molecule has 0 aromatic rings. The van der Waals surface area contributed by atoms with Crippen LogP contribution >= 0.6 is 0 Å². The summed E-state index contributed by atoms with van der Waals surface area (Å²) in [7, 11) is 0. The minimum atomic E-state index is -4.53. The maximum absolute atomic E-state index is 13.3. The first-order chi connectivity index (χ1) is 11.8. The molecule has 2 rings (SSSR count). The molecule has 1 saturated heterocycles. The molecule has 2 aliphatic heterocycles. The normalized spacial score (nSPS) is 26.4. The van der Waals surface area contributed by atoms with E-state index in [-0.39, 0.29) is 23.5 Å². The fraction of sp³-hybridized carbons (Fsp3) is 0.625. The third-order valence-corrected chi connectivity index (χ3v) is 4.10. The second-order valence-electron chi connectivity index (χ2n) is 6.08. The van der Waals surface area contributed by atoms with Crippen molar-refractivity contribution in [2.24, 2.45) is 16.6 Å². The van der Waals surface area contributed by atoms with Crippen molar-refractivity contribution in [2.45, 2.75) is 32.4 Å². The minimum absolute atomic E-state index is 0.00294. The van der Waals surface area contributed by atoms with Crippen LogP contribution in [0.3, 0.4) is 0 Å². The predicted octanol–water partition coefficient (Wildman–Crippen LogP) is 2.54. The average molecular weight is 360 g/mol. The van der Waals surface area contributed by atoms with Crippen LogP contribution in [0.1, 0.15) is 26.2 Å². The molecule has 0 radical (unpaired) electrons. The highest BCUT2D eigenvalue weighted by Crippen LogP contribution is 2.31. The van der Waals surface area contributed by atoms with Crippen LogP contribution in [0.15, 0.2) is 28.5 Å². The molecule has 0 bridgehead atoms. The Bertz CT molecular complexity index is 584. The number of nitrogens with two attached hydrogens (primary N) is 1. The number of hydrogen-bond donors (Lipinski definition) is 2. The molecule has 0 spiro atoms. The number of halogens is 3. The molecule has 0 saturated carbocycles. The van der Waals surface area contributed by atoms with Gasteiger partial charge in [-0.15, -0.1) is 0 Å². The Balaban J connectivity index is 1.96. The van der Waals surface area contributed by atoms with Gasteiger partial charge in [-0.1, -0.05) is 13.0 Å². The number of ether oxygens (including phenoxy) is 1. The number of carbonyl (C=O) groups excluding carboxylic acids is 1. The van der Waals surface area contributed by atoms with Crippen molar-refractivity contribution in [3.8, 4) is 0 Å². The molecule has 140 valence electrons. The van der Waals surface area contributed by atoms with E-state index in [1.807, 2.05) is 0 Å². The number of amides is 1. The van der Waals surface area contributed by atoms with Gasteiger partial charge in [0.2, 0.25) is 0 Å². The van der Waals surface area contributed by atoms with Crippen LogP contribution in [0.5, 0.6) is 0 Å². The van der Waals surface area contributed by atoms with Gasteiger partial charge in [-0.25, -0.2) is 9.79 Å². The summed E-state index contributed by atoms with van der Waals surface area (Å²) in [5, 5.41) is 2.82. The van der Waals surface area contributed by atoms with Crippen molar-refractivity contribution in [1.82, 2.24) is 10.2 Å². The molecule has 1 atom stereocenters. The second kappa shape index (κ2) is 8.26. The van der Waals surface area contributed by atoms with Crippen molar-refractivity contribution in [3.05, 3.63) is 23.5 Å². The largest absolute Gasteiger partial charge is 0.449 e. The van der Waals surface area contributed by atoms with Crippen molar-refractivity contribution >= 4 is 11.9 Å². The van der Waals surface area contributed by atoms with E-state index in [0.29, 0.717) is 39.1 Å². The summed E-state index contributed by atoms with van der Waals surface area (Å²) >= 11 is 0. The van der Waals surface area contributed by atoms with Crippen LogP contribution in [0.4, 0.5) is 18.0 Å². The standard InChI is InChI=1S/C16H23F3N4O2/c1-11-4-5-13(12(16(17,18)19)10-22-14(11)20)21-6-2-7-23-8-3-9-25-15(23)24/h5,10-11,21H,2-4,6-9H2,1H3,(H2,20,22)/b12-10+,13-5-. The molecule has 25 heavy (non-hydrogen) atoms. The van der Waals surface area contributed by atoms with Crippen LogP contribution < -0.4 is 11.1 Å². The number of alkyl halides is 3. The molecule has 3 N–H and O–H groups in total. The van der Waals surface area contributed by atoms with E-state index in [1.54, 1.807) is 11.8 Å².